The summed E-state index contributed by atoms with van der Waals surface area (Å²) in [6.07, 6.45) is 0.0908. The van der Waals surface area contributed by atoms with E-state index in [0.717, 1.165) is 5.56 Å². The van der Waals surface area contributed by atoms with Crippen molar-refractivity contribution in [1.29, 1.82) is 0 Å². The highest BCUT2D eigenvalue weighted by Gasteiger charge is 2.08. The van der Waals surface area contributed by atoms with Crippen LogP contribution in [0.1, 0.15) is 5.56 Å². The Kier molecular flexibility index (Phi) is 6.49. The SMILES string of the molecule is COc1ccc(CC(=O)NNC(=O)COc2ccc([N+](=O)[O-])cc2)cc1. The van der Waals surface area contributed by atoms with E-state index in [2.05, 4.69) is 10.9 Å². The smallest absolute Gasteiger partial charge is 0.276 e. The molecule has 0 atom stereocenters. The number of non-ortho nitro benzene ring substituents is 1. The van der Waals surface area contributed by atoms with Crippen LogP contribution in [0.3, 0.4) is 0 Å². The first kappa shape index (κ1) is 18.7. The van der Waals surface area contributed by atoms with Gasteiger partial charge in [0.2, 0.25) is 5.91 Å². The molecule has 9 heteroatoms. The van der Waals surface area contributed by atoms with E-state index in [9.17, 15) is 19.7 Å². The first-order valence-corrected chi connectivity index (χ1v) is 7.56. The maximum absolute atomic E-state index is 11.8. The second kappa shape index (κ2) is 9.02. The third-order valence-electron chi connectivity index (χ3n) is 3.28. The van der Waals surface area contributed by atoms with Crippen LogP contribution in [0.2, 0.25) is 0 Å². The predicted octanol–water partition coefficient (Wildman–Crippen LogP) is 1.37. The molecule has 0 saturated heterocycles. The molecular weight excluding hydrogens is 342 g/mol. The number of carbonyl (C=O) groups is 2. The van der Waals surface area contributed by atoms with Crippen molar-refractivity contribution in [2.45, 2.75) is 6.42 Å². The Morgan fingerprint density at radius 3 is 2.12 bits per heavy atom. The minimum atomic E-state index is -0.563. The normalized spacial score (nSPS) is 9.88. The number of amides is 2. The highest BCUT2D eigenvalue weighted by molar-refractivity contribution is 5.83. The van der Waals surface area contributed by atoms with Gasteiger partial charge in [-0.1, -0.05) is 12.1 Å². The van der Waals surface area contributed by atoms with Crippen LogP contribution in [-0.2, 0) is 16.0 Å². The van der Waals surface area contributed by atoms with Gasteiger partial charge in [-0.2, -0.15) is 0 Å². The lowest BCUT2D eigenvalue weighted by Crippen LogP contribution is -2.44. The Morgan fingerprint density at radius 1 is 0.962 bits per heavy atom. The van der Waals surface area contributed by atoms with E-state index in [1.165, 1.54) is 24.3 Å². The molecule has 0 aliphatic carbocycles. The number of rotatable bonds is 7. The number of hydrogen-bond acceptors (Lipinski definition) is 6. The molecule has 2 aromatic carbocycles. The van der Waals surface area contributed by atoms with E-state index >= 15 is 0 Å². The van der Waals surface area contributed by atoms with Crippen molar-refractivity contribution >= 4 is 17.5 Å². The highest BCUT2D eigenvalue weighted by Crippen LogP contribution is 2.17. The van der Waals surface area contributed by atoms with Crippen molar-refractivity contribution in [2.75, 3.05) is 13.7 Å². The monoisotopic (exact) mass is 359 g/mol. The lowest BCUT2D eigenvalue weighted by atomic mass is 10.1. The van der Waals surface area contributed by atoms with Crippen LogP contribution in [0, 0.1) is 10.1 Å². The van der Waals surface area contributed by atoms with Crippen molar-refractivity contribution < 1.29 is 24.0 Å². The summed E-state index contributed by atoms with van der Waals surface area (Å²) in [6, 6.07) is 12.3. The molecule has 0 heterocycles. The lowest BCUT2D eigenvalue weighted by molar-refractivity contribution is -0.384. The summed E-state index contributed by atoms with van der Waals surface area (Å²) >= 11 is 0. The molecule has 0 unspecified atom stereocenters. The standard InChI is InChI=1S/C17H17N3O6/c1-25-14-6-2-12(3-7-14)10-16(21)18-19-17(22)11-26-15-8-4-13(5-9-15)20(23)24/h2-9H,10-11H2,1H3,(H,18,21)(H,19,22). The molecule has 0 aliphatic rings. The molecule has 26 heavy (non-hydrogen) atoms. The lowest BCUT2D eigenvalue weighted by Gasteiger charge is -2.09. The van der Waals surface area contributed by atoms with E-state index in [0.29, 0.717) is 11.5 Å². The Bertz CT molecular complexity index is 774. The van der Waals surface area contributed by atoms with Crippen LogP contribution in [0.25, 0.3) is 0 Å². The summed E-state index contributed by atoms with van der Waals surface area (Å²) in [5.41, 5.74) is 5.20. The van der Waals surface area contributed by atoms with Crippen molar-refractivity contribution in [3.8, 4) is 11.5 Å². The molecule has 2 amide bonds. The Labute approximate surface area is 149 Å². The van der Waals surface area contributed by atoms with E-state index in [-0.39, 0.29) is 24.6 Å². The zero-order valence-electron chi connectivity index (χ0n) is 13.9. The average molecular weight is 359 g/mol. The maximum Gasteiger partial charge on any atom is 0.276 e. The van der Waals surface area contributed by atoms with E-state index in [4.69, 9.17) is 9.47 Å². The number of nitrogens with one attached hydrogen (secondary N) is 2. The largest absolute Gasteiger partial charge is 0.497 e. The molecule has 0 saturated carbocycles. The first-order chi connectivity index (χ1) is 12.5. The van der Waals surface area contributed by atoms with E-state index in [1.54, 1.807) is 31.4 Å². The van der Waals surface area contributed by atoms with Crippen molar-refractivity contribution in [2.24, 2.45) is 0 Å². The number of ether oxygens (including phenoxy) is 2. The quantitative estimate of drug-likeness (QED) is 0.569. The van der Waals surface area contributed by atoms with Gasteiger partial charge < -0.3 is 9.47 Å². The van der Waals surface area contributed by atoms with E-state index < -0.39 is 10.8 Å². The Balaban J connectivity index is 1.71. The number of benzene rings is 2. The Hall–Kier alpha value is -3.62. The highest BCUT2D eigenvalue weighted by atomic mass is 16.6. The fraction of sp³-hybridized carbons (Fsp3) is 0.176. The van der Waals surface area contributed by atoms with Crippen LogP contribution in [0.4, 0.5) is 5.69 Å². The van der Waals surface area contributed by atoms with Crippen molar-refractivity contribution in [1.82, 2.24) is 10.9 Å². The van der Waals surface area contributed by atoms with Gasteiger partial charge >= 0.3 is 0 Å². The predicted molar refractivity (Wildman–Crippen MR) is 91.6 cm³/mol. The summed E-state index contributed by atoms with van der Waals surface area (Å²) in [6.45, 7) is -0.347. The number of nitro groups is 1. The first-order valence-electron chi connectivity index (χ1n) is 7.56. The third-order valence-corrected chi connectivity index (χ3v) is 3.28. The second-order valence-electron chi connectivity index (χ2n) is 5.16. The van der Waals surface area contributed by atoms with Gasteiger partial charge in [0.1, 0.15) is 11.5 Å². The molecular formula is C17H17N3O6. The molecule has 0 aromatic heterocycles. The van der Waals surface area contributed by atoms with Crippen molar-refractivity contribution in [3.63, 3.8) is 0 Å². The number of carbonyl (C=O) groups excluding carboxylic acids is 2. The summed E-state index contributed by atoms with van der Waals surface area (Å²) in [5, 5.41) is 10.5. The summed E-state index contributed by atoms with van der Waals surface area (Å²) in [4.78, 5) is 33.5. The molecule has 2 rings (SSSR count). The van der Waals surface area contributed by atoms with Gasteiger partial charge in [0.05, 0.1) is 18.5 Å². The summed E-state index contributed by atoms with van der Waals surface area (Å²) < 4.78 is 10.2. The Morgan fingerprint density at radius 2 is 1.54 bits per heavy atom. The minimum absolute atomic E-state index is 0.0763. The number of hydrazine groups is 1. The zero-order chi connectivity index (χ0) is 18.9. The number of hydrogen-bond donors (Lipinski definition) is 2. The third kappa shape index (κ3) is 5.78. The molecule has 0 bridgehead atoms. The van der Waals surface area contributed by atoms with Crippen LogP contribution < -0.4 is 20.3 Å². The number of methoxy groups -OCH3 is 1. The molecule has 9 nitrogen and oxygen atoms in total. The van der Waals surface area contributed by atoms with Crippen molar-refractivity contribution in [3.05, 3.63) is 64.2 Å². The van der Waals surface area contributed by atoms with Gasteiger partial charge in [-0.15, -0.1) is 0 Å². The molecule has 136 valence electrons. The van der Waals surface area contributed by atoms with Gasteiger partial charge in [0, 0.05) is 12.1 Å². The molecule has 0 spiro atoms. The van der Waals surface area contributed by atoms with Gasteiger partial charge in [0.25, 0.3) is 11.6 Å². The summed E-state index contributed by atoms with van der Waals surface area (Å²) in [5.74, 6) is 0.0337. The molecule has 2 N–H and O–H groups in total. The molecule has 0 fully saturated rings. The van der Waals surface area contributed by atoms with Crippen LogP contribution in [0.5, 0.6) is 11.5 Å². The zero-order valence-corrected chi connectivity index (χ0v) is 13.9. The van der Waals surface area contributed by atoms with Crippen LogP contribution in [-0.4, -0.2) is 30.5 Å². The average Bonchev–Trinajstić information content (AvgIpc) is 2.65. The molecule has 2 aromatic rings. The van der Waals surface area contributed by atoms with Crippen LogP contribution in [0.15, 0.2) is 48.5 Å². The van der Waals surface area contributed by atoms with Gasteiger partial charge in [0.15, 0.2) is 6.61 Å². The number of nitro benzene ring substituents is 1. The fourth-order valence-corrected chi connectivity index (χ4v) is 1.96. The summed E-state index contributed by atoms with van der Waals surface area (Å²) in [7, 11) is 1.55. The van der Waals surface area contributed by atoms with Gasteiger partial charge in [-0.3, -0.25) is 30.6 Å². The molecule has 0 radical (unpaired) electrons. The topological polar surface area (TPSA) is 120 Å². The molecule has 0 aliphatic heterocycles. The fourth-order valence-electron chi connectivity index (χ4n) is 1.96. The van der Waals surface area contributed by atoms with Gasteiger partial charge in [-0.05, 0) is 29.8 Å². The second-order valence-corrected chi connectivity index (χ2v) is 5.16. The van der Waals surface area contributed by atoms with Gasteiger partial charge in [-0.25, -0.2) is 0 Å². The maximum atomic E-state index is 11.8. The van der Waals surface area contributed by atoms with E-state index in [1.807, 2.05) is 0 Å². The number of nitrogens with zero attached hydrogens (tertiary/aromatic N) is 1. The minimum Gasteiger partial charge on any atom is -0.497 e. The van der Waals surface area contributed by atoms with Crippen LogP contribution >= 0.6 is 0 Å².